The van der Waals surface area contributed by atoms with Crippen LogP contribution in [0.1, 0.15) is 6.92 Å². The van der Waals surface area contributed by atoms with Gasteiger partial charge in [0.1, 0.15) is 17.2 Å². The molecule has 0 aromatic heterocycles. The molecule has 0 aliphatic rings. The summed E-state index contributed by atoms with van der Waals surface area (Å²) in [5, 5.41) is 0. The number of carbonyl (C=O) groups excluding carboxylic acids is 3. The molecule has 0 heterocycles. The molecule has 4 aromatic rings. The van der Waals surface area contributed by atoms with Crippen LogP contribution in [-0.4, -0.2) is 45.3 Å². The highest BCUT2D eigenvalue weighted by Crippen LogP contribution is 2.36. The highest BCUT2D eigenvalue weighted by Gasteiger charge is 2.16. The molecule has 0 N–H and O–H groups in total. The molecule has 0 atom stereocenters. The van der Waals surface area contributed by atoms with Gasteiger partial charge in [0, 0.05) is 25.4 Å². The Kier molecular flexibility index (Phi) is 11.2. The monoisotopic (exact) mass is 618 g/mol. The lowest BCUT2D eigenvalue weighted by atomic mass is 9.96. The van der Waals surface area contributed by atoms with E-state index in [0.29, 0.717) is 28.4 Å². The molecule has 0 saturated heterocycles. The molecule has 8 heteroatoms. The van der Waals surface area contributed by atoms with Crippen molar-refractivity contribution < 1.29 is 38.1 Å². The average Bonchev–Trinajstić information content (AvgIpc) is 3.06. The maximum absolute atomic E-state index is 12.7. The van der Waals surface area contributed by atoms with Gasteiger partial charge in [-0.25, -0.2) is 14.4 Å². The minimum atomic E-state index is -0.596. The van der Waals surface area contributed by atoms with Crippen molar-refractivity contribution in [2.24, 2.45) is 0 Å². The van der Waals surface area contributed by atoms with E-state index in [4.69, 9.17) is 23.7 Å². The van der Waals surface area contributed by atoms with E-state index in [-0.39, 0.29) is 24.4 Å². The number of ether oxygens (including phenoxy) is 5. The molecule has 234 valence electrons. The first-order chi connectivity index (χ1) is 22.1. The molecular weight excluding hydrogens is 584 g/mol. The van der Waals surface area contributed by atoms with E-state index >= 15 is 0 Å². The van der Waals surface area contributed by atoms with Crippen molar-refractivity contribution in [3.05, 3.63) is 127 Å². The minimum Gasteiger partial charge on any atom is -0.423 e. The first-order valence-electron chi connectivity index (χ1n) is 14.2. The number of methoxy groups -OCH3 is 2. The summed E-state index contributed by atoms with van der Waals surface area (Å²) in [6, 6.07) is 27.4. The van der Waals surface area contributed by atoms with Crippen LogP contribution in [0, 0.1) is 0 Å². The van der Waals surface area contributed by atoms with E-state index < -0.39 is 17.9 Å². The van der Waals surface area contributed by atoms with Crippen LogP contribution >= 0.6 is 0 Å². The Bertz CT molecular complexity index is 1770. The minimum absolute atomic E-state index is 0.0435. The van der Waals surface area contributed by atoms with Gasteiger partial charge in [0.05, 0.1) is 24.4 Å². The zero-order chi connectivity index (χ0) is 33.2. The Morgan fingerprint density at radius 3 is 1.39 bits per heavy atom. The summed E-state index contributed by atoms with van der Waals surface area (Å²) in [6.45, 7) is 12.7. The van der Waals surface area contributed by atoms with Crippen molar-refractivity contribution in [3.63, 3.8) is 0 Å². The van der Waals surface area contributed by atoms with Gasteiger partial charge in [-0.1, -0.05) is 74.3 Å². The fraction of sp³-hybridized carbons (Fsp3) is 0.132. The lowest BCUT2D eigenvalue weighted by Crippen LogP contribution is -2.14. The molecule has 0 unspecified atom stereocenters. The Hall–Kier alpha value is -5.57. The fourth-order valence-electron chi connectivity index (χ4n) is 4.31. The van der Waals surface area contributed by atoms with E-state index in [1.54, 1.807) is 37.3 Å². The number of rotatable bonds is 13. The number of esters is 3. The first kappa shape index (κ1) is 33.3. The van der Waals surface area contributed by atoms with Gasteiger partial charge in [0.2, 0.25) is 0 Å². The number of carbonyl (C=O) groups is 3. The van der Waals surface area contributed by atoms with Crippen LogP contribution < -0.4 is 14.2 Å². The molecular formula is C38H34O8. The molecule has 0 aliphatic carbocycles. The summed E-state index contributed by atoms with van der Waals surface area (Å²) in [5.74, 6) is -0.500. The van der Waals surface area contributed by atoms with Crippen molar-refractivity contribution >= 4 is 17.9 Å². The smallest absolute Gasteiger partial charge is 0.341 e. The Labute approximate surface area is 268 Å². The van der Waals surface area contributed by atoms with E-state index in [1.165, 1.54) is 14.2 Å². The van der Waals surface area contributed by atoms with Gasteiger partial charge >= 0.3 is 17.9 Å². The third kappa shape index (κ3) is 8.53. The first-order valence-corrected chi connectivity index (χ1v) is 14.2. The third-order valence-electron chi connectivity index (χ3n) is 6.74. The van der Waals surface area contributed by atoms with Gasteiger partial charge in [-0.2, -0.15) is 0 Å². The second kappa shape index (κ2) is 15.4. The molecule has 0 radical (unpaired) electrons. The number of hydrogen-bond donors (Lipinski definition) is 0. The Morgan fingerprint density at radius 2 is 0.913 bits per heavy atom. The Balaban J connectivity index is 1.62. The van der Waals surface area contributed by atoms with Crippen LogP contribution in [0.25, 0.3) is 33.4 Å². The third-order valence-corrected chi connectivity index (χ3v) is 6.74. The summed E-state index contributed by atoms with van der Waals surface area (Å²) in [7, 11) is 2.95. The zero-order valence-electron chi connectivity index (χ0n) is 26.0. The predicted molar refractivity (Wildman–Crippen MR) is 177 cm³/mol. The van der Waals surface area contributed by atoms with E-state index in [2.05, 4.69) is 19.7 Å². The average molecular weight is 619 g/mol. The molecule has 46 heavy (non-hydrogen) atoms. The van der Waals surface area contributed by atoms with Gasteiger partial charge in [-0.15, -0.1) is 0 Å². The summed E-state index contributed by atoms with van der Waals surface area (Å²) < 4.78 is 26.4. The zero-order valence-corrected chi connectivity index (χ0v) is 26.0. The van der Waals surface area contributed by atoms with Gasteiger partial charge < -0.3 is 23.7 Å². The van der Waals surface area contributed by atoms with Crippen molar-refractivity contribution in [2.45, 2.75) is 6.92 Å². The SMILES string of the molecule is C=C(C)C(=O)Oc1ccc(-c2ccc(-c3cc(-c4ccc(OC(=O)C(=C)COC)cc4)ccc3OC(=O)C(=C)COC)cc2)cc1. The largest absolute Gasteiger partial charge is 0.423 e. The summed E-state index contributed by atoms with van der Waals surface area (Å²) in [5.41, 5.74) is 5.74. The molecule has 0 amide bonds. The van der Waals surface area contributed by atoms with Crippen molar-refractivity contribution in [1.82, 2.24) is 0 Å². The molecule has 0 fully saturated rings. The summed E-state index contributed by atoms with van der Waals surface area (Å²) >= 11 is 0. The van der Waals surface area contributed by atoms with Crippen molar-refractivity contribution in [2.75, 3.05) is 27.4 Å². The predicted octanol–water partition coefficient (Wildman–Crippen LogP) is 7.39. The lowest BCUT2D eigenvalue weighted by Gasteiger charge is -2.14. The van der Waals surface area contributed by atoms with E-state index in [1.807, 2.05) is 60.7 Å². The molecule has 0 spiro atoms. The van der Waals surface area contributed by atoms with Crippen molar-refractivity contribution in [3.8, 4) is 50.6 Å². The lowest BCUT2D eigenvalue weighted by molar-refractivity contribution is -0.131. The second-order valence-electron chi connectivity index (χ2n) is 10.4. The second-order valence-corrected chi connectivity index (χ2v) is 10.4. The normalized spacial score (nSPS) is 10.5. The molecule has 8 nitrogen and oxygen atoms in total. The van der Waals surface area contributed by atoms with Crippen LogP contribution in [0.15, 0.2) is 127 Å². The van der Waals surface area contributed by atoms with Crippen LogP contribution in [0.5, 0.6) is 17.2 Å². The molecule has 0 saturated carbocycles. The van der Waals surface area contributed by atoms with E-state index in [9.17, 15) is 14.4 Å². The highest BCUT2D eigenvalue weighted by molar-refractivity contribution is 5.92. The fourth-order valence-corrected chi connectivity index (χ4v) is 4.31. The van der Waals surface area contributed by atoms with E-state index in [0.717, 1.165) is 27.8 Å². The van der Waals surface area contributed by atoms with Crippen LogP contribution in [0.2, 0.25) is 0 Å². The quantitative estimate of drug-likeness (QED) is 0.0870. The summed E-state index contributed by atoms with van der Waals surface area (Å²) in [4.78, 5) is 36.7. The molecule has 0 bridgehead atoms. The van der Waals surface area contributed by atoms with Gasteiger partial charge in [0.15, 0.2) is 0 Å². The maximum Gasteiger partial charge on any atom is 0.341 e. The number of benzene rings is 4. The Morgan fingerprint density at radius 1 is 0.522 bits per heavy atom. The number of hydrogen-bond acceptors (Lipinski definition) is 8. The van der Waals surface area contributed by atoms with Crippen LogP contribution in [0.3, 0.4) is 0 Å². The molecule has 4 rings (SSSR count). The topological polar surface area (TPSA) is 97.4 Å². The van der Waals surface area contributed by atoms with Crippen LogP contribution in [-0.2, 0) is 23.9 Å². The summed E-state index contributed by atoms with van der Waals surface area (Å²) in [6.07, 6.45) is 0. The van der Waals surface area contributed by atoms with Crippen LogP contribution in [0.4, 0.5) is 0 Å². The standard InChI is InChI=1S/C38H34O8/c1-24(2)36(39)44-32-16-11-28(12-17-32)27-7-9-30(10-8-27)34-21-31(15-20-35(34)46-38(41)26(4)23-43-6)29-13-18-33(19-14-29)45-37(40)25(3)22-42-5/h7-21H,1,3-4,22-23H2,2,5-6H3. The molecule has 0 aliphatic heterocycles. The van der Waals surface area contributed by atoms with Gasteiger partial charge in [-0.05, 0) is 71.1 Å². The van der Waals surface area contributed by atoms with Crippen molar-refractivity contribution in [1.29, 1.82) is 0 Å². The van der Waals surface area contributed by atoms with Gasteiger partial charge in [0.25, 0.3) is 0 Å². The highest BCUT2D eigenvalue weighted by atomic mass is 16.5. The molecule has 4 aromatic carbocycles. The maximum atomic E-state index is 12.7. The van der Waals surface area contributed by atoms with Gasteiger partial charge in [-0.3, -0.25) is 0 Å².